The van der Waals surface area contributed by atoms with E-state index in [0.717, 1.165) is 12.2 Å². The monoisotopic (exact) mass is 249 g/mol. The van der Waals surface area contributed by atoms with Crippen LogP contribution in [0.1, 0.15) is 55.0 Å². The fourth-order valence-corrected chi connectivity index (χ4v) is 2.89. The van der Waals surface area contributed by atoms with Gasteiger partial charge in [0.1, 0.15) is 11.5 Å². The lowest BCUT2D eigenvalue weighted by Gasteiger charge is -2.34. The fourth-order valence-electron chi connectivity index (χ4n) is 2.89. The Labute approximate surface area is 109 Å². The molecule has 18 heavy (non-hydrogen) atoms. The average Bonchev–Trinajstić information content (AvgIpc) is 2.64. The summed E-state index contributed by atoms with van der Waals surface area (Å²) in [6.07, 6.45) is 3.57. The molecule has 0 unspecified atom stereocenters. The quantitative estimate of drug-likeness (QED) is 0.872. The van der Waals surface area contributed by atoms with Gasteiger partial charge < -0.3 is 9.73 Å². The van der Waals surface area contributed by atoms with Crippen molar-refractivity contribution in [3.05, 3.63) is 23.2 Å². The first kappa shape index (κ1) is 13.2. The van der Waals surface area contributed by atoms with Crippen LogP contribution >= 0.6 is 0 Å². The molecule has 1 N–H and O–H groups in total. The molecule has 1 saturated carbocycles. The molecule has 0 saturated heterocycles. The van der Waals surface area contributed by atoms with Crippen LogP contribution in [-0.4, -0.2) is 11.9 Å². The largest absolute Gasteiger partial charge is 0.466 e. The Bertz CT molecular complexity index is 436. The van der Waals surface area contributed by atoms with Crippen LogP contribution in [0.5, 0.6) is 0 Å². The molecule has 1 aromatic heterocycles. The first-order chi connectivity index (χ1) is 8.49. The Morgan fingerprint density at radius 3 is 2.67 bits per heavy atom. The van der Waals surface area contributed by atoms with Crippen molar-refractivity contribution in [2.75, 3.05) is 0 Å². The van der Waals surface area contributed by atoms with Crippen molar-refractivity contribution in [1.82, 2.24) is 5.32 Å². The van der Waals surface area contributed by atoms with Crippen LogP contribution < -0.4 is 5.32 Å². The highest BCUT2D eigenvalue weighted by atomic mass is 16.3. The van der Waals surface area contributed by atoms with Gasteiger partial charge >= 0.3 is 0 Å². The van der Waals surface area contributed by atoms with Gasteiger partial charge in [0.25, 0.3) is 5.91 Å². The maximum atomic E-state index is 12.2. The van der Waals surface area contributed by atoms with E-state index in [1.807, 2.05) is 19.9 Å². The van der Waals surface area contributed by atoms with Gasteiger partial charge in [-0.3, -0.25) is 4.79 Å². The van der Waals surface area contributed by atoms with Crippen molar-refractivity contribution in [3.8, 4) is 0 Å². The van der Waals surface area contributed by atoms with E-state index in [1.54, 1.807) is 0 Å². The van der Waals surface area contributed by atoms with Gasteiger partial charge in [-0.05, 0) is 38.2 Å². The SMILES string of the molecule is Cc1cc(C(=O)N[C@@H]2CCC[C@@H](C)[C@@H]2C)c(C)o1. The smallest absolute Gasteiger partial charge is 0.255 e. The van der Waals surface area contributed by atoms with Crippen molar-refractivity contribution < 1.29 is 9.21 Å². The summed E-state index contributed by atoms with van der Waals surface area (Å²) in [5, 5.41) is 3.17. The Balaban J connectivity index is 2.05. The van der Waals surface area contributed by atoms with Gasteiger partial charge in [-0.25, -0.2) is 0 Å². The van der Waals surface area contributed by atoms with Gasteiger partial charge in [-0.2, -0.15) is 0 Å². The second-order valence-electron chi connectivity index (χ2n) is 5.67. The Morgan fingerprint density at radius 2 is 2.06 bits per heavy atom. The fraction of sp³-hybridized carbons (Fsp3) is 0.667. The summed E-state index contributed by atoms with van der Waals surface area (Å²) < 4.78 is 5.41. The van der Waals surface area contributed by atoms with Crippen LogP contribution in [0.3, 0.4) is 0 Å². The van der Waals surface area contributed by atoms with Crippen molar-refractivity contribution >= 4 is 5.91 Å². The molecule has 1 aromatic rings. The molecule has 3 nitrogen and oxygen atoms in total. The van der Waals surface area contributed by atoms with E-state index in [1.165, 1.54) is 12.8 Å². The second kappa shape index (κ2) is 5.17. The van der Waals surface area contributed by atoms with Crippen LogP contribution in [-0.2, 0) is 0 Å². The minimum absolute atomic E-state index is 0.00954. The van der Waals surface area contributed by atoms with Gasteiger partial charge in [0.05, 0.1) is 5.56 Å². The van der Waals surface area contributed by atoms with E-state index >= 15 is 0 Å². The number of hydrogen-bond acceptors (Lipinski definition) is 2. The summed E-state index contributed by atoms with van der Waals surface area (Å²) in [6.45, 7) is 8.22. The summed E-state index contributed by atoms with van der Waals surface area (Å²) in [7, 11) is 0. The summed E-state index contributed by atoms with van der Waals surface area (Å²) in [5.41, 5.74) is 0.679. The zero-order valence-corrected chi connectivity index (χ0v) is 11.7. The van der Waals surface area contributed by atoms with Crippen LogP contribution in [0, 0.1) is 25.7 Å². The Hall–Kier alpha value is -1.25. The third-order valence-electron chi connectivity index (χ3n) is 4.31. The maximum absolute atomic E-state index is 12.2. The lowest BCUT2D eigenvalue weighted by Crippen LogP contribution is -2.43. The molecule has 1 aliphatic carbocycles. The number of nitrogens with one attached hydrogen (secondary N) is 1. The van der Waals surface area contributed by atoms with Crippen molar-refractivity contribution in [3.63, 3.8) is 0 Å². The molecule has 1 amide bonds. The van der Waals surface area contributed by atoms with Crippen LogP contribution in [0.15, 0.2) is 10.5 Å². The second-order valence-corrected chi connectivity index (χ2v) is 5.67. The maximum Gasteiger partial charge on any atom is 0.255 e. The zero-order chi connectivity index (χ0) is 13.3. The standard InChI is InChI=1S/C15H23NO2/c1-9-6-5-7-14(11(9)3)16-15(17)13-8-10(2)18-12(13)4/h8-9,11,14H,5-7H2,1-4H3,(H,16,17)/t9-,11+,14-/m1/s1. The number of carbonyl (C=O) groups excluding carboxylic acids is 1. The third-order valence-corrected chi connectivity index (χ3v) is 4.31. The highest BCUT2D eigenvalue weighted by Gasteiger charge is 2.29. The topological polar surface area (TPSA) is 42.2 Å². The highest BCUT2D eigenvalue weighted by Crippen LogP contribution is 2.29. The molecule has 100 valence electrons. The molecule has 3 atom stereocenters. The zero-order valence-electron chi connectivity index (χ0n) is 11.7. The summed E-state index contributed by atoms with van der Waals surface area (Å²) >= 11 is 0. The number of carbonyl (C=O) groups is 1. The Kier molecular flexibility index (Phi) is 3.79. The molecule has 0 aliphatic heterocycles. The lowest BCUT2D eigenvalue weighted by atomic mass is 9.78. The third kappa shape index (κ3) is 2.60. The van der Waals surface area contributed by atoms with Crippen molar-refractivity contribution in [2.45, 2.75) is 53.0 Å². The first-order valence-electron chi connectivity index (χ1n) is 6.87. The summed E-state index contributed by atoms with van der Waals surface area (Å²) in [4.78, 5) is 12.2. The van der Waals surface area contributed by atoms with Gasteiger partial charge in [0.15, 0.2) is 0 Å². The minimum atomic E-state index is 0.00954. The van der Waals surface area contributed by atoms with Crippen LogP contribution in [0.2, 0.25) is 0 Å². The molecule has 0 aromatic carbocycles. The highest BCUT2D eigenvalue weighted by molar-refractivity contribution is 5.95. The van der Waals surface area contributed by atoms with Crippen LogP contribution in [0.25, 0.3) is 0 Å². The van der Waals surface area contributed by atoms with Crippen LogP contribution in [0.4, 0.5) is 0 Å². The summed E-state index contributed by atoms with van der Waals surface area (Å²) in [5.74, 6) is 2.76. The van der Waals surface area contributed by atoms with E-state index in [4.69, 9.17) is 4.42 Å². The first-order valence-corrected chi connectivity index (χ1v) is 6.87. The number of furan rings is 1. The van der Waals surface area contributed by atoms with Crippen molar-refractivity contribution in [2.24, 2.45) is 11.8 Å². The van der Waals surface area contributed by atoms with Gasteiger partial charge in [-0.15, -0.1) is 0 Å². The normalized spacial score (nSPS) is 28.1. The van der Waals surface area contributed by atoms with E-state index in [2.05, 4.69) is 19.2 Å². The molecular weight excluding hydrogens is 226 g/mol. The minimum Gasteiger partial charge on any atom is -0.466 e. The number of rotatable bonds is 2. The molecule has 0 bridgehead atoms. The molecule has 1 heterocycles. The molecule has 3 heteroatoms. The van der Waals surface area contributed by atoms with E-state index in [-0.39, 0.29) is 5.91 Å². The average molecular weight is 249 g/mol. The van der Waals surface area contributed by atoms with Gasteiger partial charge in [-0.1, -0.05) is 26.7 Å². The van der Waals surface area contributed by atoms with E-state index in [9.17, 15) is 4.79 Å². The number of aryl methyl sites for hydroxylation is 2. The molecule has 0 spiro atoms. The molecule has 0 radical (unpaired) electrons. The Morgan fingerprint density at radius 1 is 1.33 bits per heavy atom. The molecule has 2 rings (SSSR count). The number of hydrogen-bond donors (Lipinski definition) is 1. The molecule has 1 fully saturated rings. The number of amides is 1. The van der Waals surface area contributed by atoms with E-state index in [0.29, 0.717) is 29.2 Å². The van der Waals surface area contributed by atoms with E-state index < -0.39 is 0 Å². The van der Waals surface area contributed by atoms with Gasteiger partial charge in [0.2, 0.25) is 0 Å². The predicted molar refractivity (Wildman–Crippen MR) is 71.6 cm³/mol. The molecule has 1 aliphatic rings. The van der Waals surface area contributed by atoms with Gasteiger partial charge in [0, 0.05) is 6.04 Å². The van der Waals surface area contributed by atoms with Crippen molar-refractivity contribution in [1.29, 1.82) is 0 Å². The predicted octanol–water partition coefficient (Wildman–Crippen LogP) is 3.45. The summed E-state index contributed by atoms with van der Waals surface area (Å²) in [6, 6.07) is 2.12. The molecular formula is C15H23NO2. The lowest BCUT2D eigenvalue weighted by molar-refractivity contribution is 0.0889.